The SMILES string of the molecule is NCCCN1C(=O)N=S(c2ccccc2)c2cc([N+](=O)[O-])ccc21. The Bertz CT molecular complexity index is 823. The number of benzene rings is 2. The minimum Gasteiger partial charge on any atom is -0.330 e. The van der Waals surface area contributed by atoms with E-state index in [0.717, 1.165) is 4.90 Å². The summed E-state index contributed by atoms with van der Waals surface area (Å²) in [6.07, 6.45) is 0.636. The van der Waals surface area contributed by atoms with Crippen molar-refractivity contribution in [1.82, 2.24) is 0 Å². The van der Waals surface area contributed by atoms with Gasteiger partial charge in [-0.1, -0.05) is 18.2 Å². The van der Waals surface area contributed by atoms with Crippen molar-refractivity contribution in [3.63, 3.8) is 0 Å². The zero-order valence-corrected chi connectivity index (χ0v) is 13.6. The summed E-state index contributed by atoms with van der Waals surface area (Å²) in [6.45, 7) is 0.895. The average Bonchev–Trinajstić information content (AvgIpc) is 2.60. The van der Waals surface area contributed by atoms with Gasteiger partial charge in [0.25, 0.3) is 5.69 Å². The molecule has 7 nitrogen and oxygen atoms in total. The van der Waals surface area contributed by atoms with Crippen LogP contribution < -0.4 is 10.6 Å². The lowest BCUT2D eigenvalue weighted by Gasteiger charge is -2.28. The molecular formula is C16H16N4O3S. The number of rotatable bonds is 5. The van der Waals surface area contributed by atoms with Crippen LogP contribution in [0.15, 0.2) is 62.7 Å². The average molecular weight is 344 g/mol. The van der Waals surface area contributed by atoms with E-state index in [2.05, 4.69) is 4.36 Å². The third kappa shape index (κ3) is 3.06. The lowest BCUT2D eigenvalue weighted by molar-refractivity contribution is -0.385. The van der Waals surface area contributed by atoms with Gasteiger partial charge >= 0.3 is 6.03 Å². The molecule has 0 saturated heterocycles. The van der Waals surface area contributed by atoms with Gasteiger partial charge in [-0.2, -0.15) is 4.36 Å². The predicted molar refractivity (Wildman–Crippen MR) is 92.3 cm³/mol. The van der Waals surface area contributed by atoms with Gasteiger partial charge in [0.1, 0.15) is 0 Å². The van der Waals surface area contributed by atoms with Crippen LogP contribution in [-0.2, 0) is 10.7 Å². The number of anilines is 1. The Kier molecular flexibility index (Phi) is 4.68. The molecule has 2 aromatic carbocycles. The van der Waals surface area contributed by atoms with Crippen molar-refractivity contribution in [2.24, 2.45) is 10.1 Å². The van der Waals surface area contributed by atoms with Gasteiger partial charge in [-0.3, -0.25) is 15.0 Å². The maximum atomic E-state index is 12.5. The van der Waals surface area contributed by atoms with Crippen LogP contribution in [0.25, 0.3) is 0 Å². The van der Waals surface area contributed by atoms with E-state index in [1.165, 1.54) is 12.1 Å². The fourth-order valence-corrected chi connectivity index (χ4v) is 4.20. The Morgan fingerprint density at radius 1 is 1.21 bits per heavy atom. The van der Waals surface area contributed by atoms with Crippen LogP contribution in [0.4, 0.5) is 16.2 Å². The molecule has 2 N–H and O–H groups in total. The van der Waals surface area contributed by atoms with Crippen molar-refractivity contribution in [3.8, 4) is 0 Å². The molecule has 0 bridgehead atoms. The first-order valence-electron chi connectivity index (χ1n) is 7.43. The molecule has 1 aliphatic heterocycles. The number of nitrogens with zero attached hydrogens (tertiary/aromatic N) is 3. The lowest BCUT2D eigenvalue weighted by atomic mass is 10.2. The Morgan fingerprint density at radius 3 is 2.62 bits per heavy atom. The summed E-state index contributed by atoms with van der Waals surface area (Å²) in [7, 11) is -0.868. The number of non-ortho nitro benzene ring substituents is 1. The molecule has 2 aromatic rings. The van der Waals surface area contributed by atoms with Crippen LogP contribution in [-0.4, -0.2) is 24.0 Å². The highest BCUT2D eigenvalue weighted by atomic mass is 32.2. The monoisotopic (exact) mass is 344 g/mol. The molecule has 0 aliphatic carbocycles. The number of amides is 2. The van der Waals surface area contributed by atoms with E-state index in [1.54, 1.807) is 11.0 Å². The lowest BCUT2D eigenvalue weighted by Crippen LogP contribution is -2.34. The van der Waals surface area contributed by atoms with Crippen LogP contribution >= 0.6 is 0 Å². The highest BCUT2D eigenvalue weighted by Gasteiger charge is 2.28. The molecule has 0 radical (unpaired) electrons. The summed E-state index contributed by atoms with van der Waals surface area (Å²) in [5.74, 6) is 0. The normalized spacial score (nSPS) is 16.5. The van der Waals surface area contributed by atoms with Crippen LogP contribution in [0.1, 0.15) is 6.42 Å². The number of urea groups is 1. The fourth-order valence-electron chi connectivity index (χ4n) is 2.47. The molecule has 8 heteroatoms. The van der Waals surface area contributed by atoms with E-state index in [4.69, 9.17) is 5.73 Å². The molecule has 24 heavy (non-hydrogen) atoms. The first-order valence-corrected chi connectivity index (χ1v) is 8.61. The standard InChI is InChI=1S/C16H16N4O3S/c17-9-4-10-19-14-8-7-12(20(22)23)11-15(14)24(18-16(19)21)13-5-2-1-3-6-13/h1-3,5-8,11H,4,9-10,17H2. The second kappa shape index (κ2) is 6.90. The zero-order chi connectivity index (χ0) is 17.1. The summed E-state index contributed by atoms with van der Waals surface area (Å²) in [5.41, 5.74) is 6.20. The molecule has 1 unspecified atom stereocenters. The summed E-state index contributed by atoms with van der Waals surface area (Å²) in [6, 6.07) is 13.6. The number of hydrogen-bond donors (Lipinski definition) is 1. The molecule has 0 fully saturated rings. The number of hydrogen-bond acceptors (Lipinski definition) is 4. The molecule has 124 valence electrons. The van der Waals surface area contributed by atoms with Gasteiger partial charge in [0, 0.05) is 23.6 Å². The van der Waals surface area contributed by atoms with Crippen molar-refractivity contribution in [2.45, 2.75) is 16.2 Å². The van der Waals surface area contributed by atoms with E-state index in [0.29, 0.717) is 30.1 Å². The minimum atomic E-state index is -0.868. The van der Waals surface area contributed by atoms with E-state index < -0.39 is 15.6 Å². The van der Waals surface area contributed by atoms with Crippen LogP contribution in [0, 0.1) is 10.1 Å². The van der Waals surface area contributed by atoms with Gasteiger partial charge in [0.05, 0.1) is 15.5 Å². The molecule has 3 rings (SSSR count). The first kappa shape index (κ1) is 16.3. The third-order valence-corrected chi connectivity index (χ3v) is 5.41. The summed E-state index contributed by atoms with van der Waals surface area (Å²) < 4.78 is 4.28. The molecule has 1 atom stereocenters. The maximum Gasteiger partial charge on any atom is 0.354 e. The Morgan fingerprint density at radius 2 is 1.96 bits per heavy atom. The van der Waals surface area contributed by atoms with Crippen molar-refractivity contribution in [3.05, 3.63) is 58.6 Å². The van der Waals surface area contributed by atoms with Crippen molar-refractivity contribution in [1.29, 1.82) is 0 Å². The number of nitro groups is 1. The fraction of sp³-hybridized carbons (Fsp3) is 0.188. The van der Waals surface area contributed by atoms with Gasteiger partial charge in [-0.05, 0) is 41.9 Å². The molecule has 0 spiro atoms. The Hall–Kier alpha value is -2.58. The van der Waals surface area contributed by atoms with Gasteiger partial charge < -0.3 is 5.73 Å². The van der Waals surface area contributed by atoms with Gasteiger partial charge in [0.15, 0.2) is 0 Å². The quantitative estimate of drug-likeness (QED) is 0.665. The molecular weight excluding hydrogens is 328 g/mol. The highest BCUT2D eigenvalue weighted by molar-refractivity contribution is 7.88. The number of fused-ring (bicyclic) bond motifs is 1. The van der Waals surface area contributed by atoms with Crippen molar-refractivity contribution in [2.75, 3.05) is 18.0 Å². The number of carbonyl (C=O) groups is 1. The van der Waals surface area contributed by atoms with Crippen LogP contribution in [0.2, 0.25) is 0 Å². The summed E-state index contributed by atoms with van der Waals surface area (Å²) in [4.78, 5) is 26.2. The van der Waals surface area contributed by atoms with E-state index >= 15 is 0 Å². The van der Waals surface area contributed by atoms with Gasteiger partial charge in [-0.15, -0.1) is 0 Å². The maximum absolute atomic E-state index is 12.5. The molecule has 0 aromatic heterocycles. The van der Waals surface area contributed by atoms with Crippen molar-refractivity contribution >= 4 is 28.1 Å². The second-order valence-corrected chi connectivity index (χ2v) is 6.84. The zero-order valence-electron chi connectivity index (χ0n) is 12.8. The number of nitro benzene ring substituents is 1. The van der Waals surface area contributed by atoms with Crippen molar-refractivity contribution < 1.29 is 9.72 Å². The van der Waals surface area contributed by atoms with E-state index in [-0.39, 0.29) is 11.7 Å². The van der Waals surface area contributed by atoms with Gasteiger partial charge in [-0.25, -0.2) is 4.79 Å². The molecule has 1 heterocycles. The number of nitrogens with two attached hydrogens (primary N) is 1. The largest absolute Gasteiger partial charge is 0.354 e. The van der Waals surface area contributed by atoms with E-state index in [9.17, 15) is 14.9 Å². The smallest absolute Gasteiger partial charge is 0.330 e. The van der Waals surface area contributed by atoms with Gasteiger partial charge in [0.2, 0.25) is 0 Å². The highest BCUT2D eigenvalue weighted by Crippen LogP contribution is 2.36. The Labute approximate surface area is 141 Å². The first-order chi connectivity index (χ1) is 11.6. The van der Waals surface area contributed by atoms with E-state index in [1.807, 2.05) is 30.3 Å². The minimum absolute atomic E-state index is 0.00879. The summed E-state index contributed by atoms with van der Waals surface area (Å²) in [5, 5.41) is 11.1. The number of carbonyl (C=O) groups excluding carboxylic acids is 1. The molecule has 2 amide bonds. The van der Waals surface area contributed by atoms with Crippen LogP contribution in [0.5, 0.6) is 0 Å². The predicted octanol–water partition coefficient (Wildman–Crippen LogP) is 3.10. The second-order valence-electron chi connectivity index (χ2n) is 5.17. The van der Waals surface area contributed by atoms with Crippen LogP contribution in [0.3, 0.4) is 0 Å². The molecule has 0 saturated carbocycles. The molecule has 1 aliphatic rings. The third-order valence-electron chi connectivity index (χ3n) is 3.61. The topological polar surface area (TPSA) is 102 Å². The Balaban J connectivity index is 2.15. The summed E-state index contributed by atoms with van der Waals surface area (Å²) >= 11 is 0.